The third-order valence-electron chi connectivity index (χ3n) is 4.79. The van der Waals surface area contributed by atoms with Gasteiger partial charge in [-0.25, -0.2) is 0 Å². The van der Waals surface area contributed by atoms with Crippen molar-refractivity contribution in [3.63, 3.8) is 0 Å². The van der Waals surface area contributed by atoms with E-state index in [4.69, 9.17) is 5.73 Å². The summed E-state index contributed by atoms with van der Waals surface area (Å²) >= 11 is 0. The van der Waals surface area contributed by atoms with Gasteiger partial charge in [0, 0.05) is 25.7 Å². The monoisotopic (exact) mass is 224 g/mol. The highest BCUT2D eigenvalue weighted by Crippen LogP contribution is 2.33. The molecule has 0 bridgehead atoms. The summed E-state index contributed by atoms with van der Waals surface area (Å²) in [6.45, 7) is 8.17. The highest BCUT2D eigenvalue weighted by Gasteiger charge is 2.36. The summed E-state index contributed by atoms with van der Waals surface area (Å²) < 4.78 is 0. The van der Waals surface area contributed by atoms with E-state index in [-0.39, 0.29) is 0 Å². The minimum absolute atomic E-state index is 0.690. The van der Waals surface area contributed by atoms with Crippen molar-refractivity contribution in [2.75, 3.05) is 19.6 Å². The fourth-order valence-corrected chi connectivity index (χ4v) is 3.40. The van der Waals surface area contributed by atoms with Crippen LogP contribution in [0, 0.1) is 17.8 Å². The molecule has 2 nitrogen and oxygen atoms in total. The second kappa shape index (κ2) is 5.50. The zero-order chi connectivity index (χ0) is 11.5. The molecular formula is C14H28N2. The second-order valence-electron chi connectivity index (χ2n) is 6.16. The molecule has 16 heavy (non-hydrogen) atoms. The lowest BCUT2D eigenvalue weighted by molar-refractivity contribution is 0.000382. The van der Waals surface area contributed by atoms with Gasteiger partial charge in [0.2, 0.25) is 0 Å². The second-order valence-corrected chi connectivity index (χ2v) is 6.16. The molecule has 1 aliphatic carbocycles. The summed E-state index contributed by atoms with van der Waals surface area (Å²) in [6.07, 6.45) is 7.16. The van der Waals surface area contributed by atoms with Gasteiger partial charge in [0.1, 0.15) is 0 Å². The lowest BCUT2D eigenvalue weighted by atomic mass is 9.79. The highest BCUT2D eigenvalue weighted by molar-refractivity contribution is 4.91. The first-order chi connectivity index (χ1) is 7.72. The van der Waals surface area contributed by atoms with Crippen LogP contribution in [0.5, 0.6) is 0 Å². The van der Waals surface area contributed by atoms with Gasteiger partial charge in [0.15, 0.2) is 0 Å². The van der Waals surface area contributed by atoms with Gasteiger partial charge >= 0.3 is 0 Å². The number of likely N-dealkylation sites (tertiary alicyclic amines) is 1. The van der Waals surface area contributed by atoms with E-state index in [1.807, 2.05) is 0 Å². The van der Waals surface area contributed by atoms with E-state index in [0.717, 1.165) is 24.3 Å². The van der Waals surface area contributed by atoms with Crippen molar-refractivity contribution in [1.82, 2.24) is 4.90 Å². The number of hydrogen-bond donors (Lipinski definition) is 1. The Bertz CT molecular complexity index is 203. The predicted molar refractivity (Wildman–Crippen MR) is 69.3 cm³/mol. The van der Waals surface area contributed by atoms with E-state index in [1.54, 1.807) is 0 Å². The first kappa shape index (κ1) is 12.4. The molecule has 2 rings (SSSR count). The molecule has 2 N–H and O–H groups in total. The normalized spacial score (nSPS) is 27.0. The molecule has 1 heterocycles. The Kier molecular flexibility index (Phi) is 4.26. The van der Waals surface area contributed by atoms with Gasteiger partial charge in [-0.15, -0.1) is 0 Å². The maximum Gasteiger partial charge on any atom is 0.0246 e. The molecule has 2 aliphatic rings. The number of nitrogens with two attached hydrogens (primary N) is 1. The van der Waals surface area contributed by atoms with E-state index >= 15 is 0 Å². The standard InChI is InChI=1S/C14H28N2/c1-11(2)13-9-16(10-13)14(8-15)12-6-4-3-5-7-12/h11-14H,3-10,15H2,1-2H3. The molecule has 0 aromatic carbocycles. The molecule has 2 fully saturated rings. The van der Waals surface area contributed by atoms with Crippen LogP contribution in [0.1, 0.15) is 46.0 Å². The van der Waals surface area contributed by atoms with E-state index in [2.05, 4.69) is 18.7 Å². The van der Waals surface area contributed by atoms with Crippen LogP contribution in [0.4, 0.5) is 0 Å². The highest BCUT2D eigenvalue weighted by atomic mass is 15.2. The van der Waals surface area contributed by atoms with Crippen LogP contribution in [-0.2, 0) is 0 Å². The van der Waals surface area contributed by atoms with Crippen LogP contribution in [0.25, 0.3) is 0 Å². The van der Waals surface area contributed by atoms with Crippen molar-refractivity contribution in [1.29, 1.82) is 0 Å². The van der Waals surface area contributed by atoms with Crippen LogP contribution in [0.2, 0.25) is 0 Å². The molecular weight excluding hydrogens is 196 g/mol. The van der Waals surface area contributed by atoms with Gasteiger partial charge < -0.3 is 5.73 Å². The van der Waals surface area contributed by atoms with Crippen molar-refractivity contribution in [3.05, 3.63) is 0 Å². The van der Waals surface area contributed by atoms with Gasteiger partial charge in [-0.3, -0.25) is 4.90 Å². The number of nitrogens with zero attached hydrogens (tertiary/aromatic N) is 1. The molecule has 1 unspecified atom stereocenters. The largest absolute Gasteiger partial charge is 0.329 e. The molecule has 0 radical (unpaired) electrons. The zero-order valence-electron chi connectivity index (χ0n) is 11.0. The van der Waals surface area contributed by atoms with E-state index in [1.165, 1.54) is 45.2 Å². The third-order valence-corrected chi connectivity index (χ3v) is 4.79. The number of hydrogen-bond acceptors (Lipinski definition) is 2. The third kappa shape index (κ3) is 2.60. The van der Waals surface area contributed by atoms with Gasteiger partial charge in [0.05, 0.1) is 0 Å². The summed E-state index contributed by atoms with van der Waals surface area (Å²) in [7, 11) is 0. The van der Waals surface area contributed by atoms with Crippen molar-refractivity contribution in [3.8, 4) is 0 Å². The zero-order valence-corrected chi connectivity index (χ0v) is 11.0. The Hall–Kier alpha value is -0.0800. The van der Waals surface area contributed by atoms with E-state index in [0.29, 0.717) is 6.04 Å². The maximum absolute atomic E-state index is 5.99. The van der Waals surface area contributed by atoms with E-state index in [9.17, 15) is 0 Å². The van der Waals surface area contributed by atoms with Crippen LogP contribution in [0.3, 0.4) is 0 Å². The molecule has 1 atom stereocenters. The Balaban J connectivity index is 1.82. The quantitative estimate of drug-likeness (QED) is 0.795. The van der Waals surface area contributed by atoms with Crippen molar-refractivity contribution >= 4 is 0 Å². The molecule has 94 valence electrons. The van der Waals surface area contributed by atoms with Crippen molar-refractivity contribution < 1.29 is 0 Å². The summed E-state index contributed by atoms with van der Waals surface area (Å²) in [5.41, 5.74) is 5.99. The Morgan fingerprint density at radius 2 is 1.69 bits per heavy atom. The van der Waals surface area contributed by atoms with Gasteiger partial charge in [-0.1, -0.05) is 33.1 Å². The predicted octanol–water partition coefficient (Wildman–Crippen LogP) is 2.48. The van der Waals surface area contributed by atoms with Crippen LogP contribution >= 0.6 is 0 Å². The maximum atomic E-state index is 5.99. The smallest absolute Gasteiger partial charge is 0.0246 e. The Labute approximate surface area is 101 Å². The summed E-state index contributed by atoms with van der Waals surface area (Å²) in [6, 6.07) is 0.690. The van der Waals surface area contributed by atoms with Gasteiger partial charge in [-0.05, 0) is 30.6 Å². The average Bonchev–Trinajstić information content (AvgIpc) is 2.23. The first-order valence-electron chi connectivity index (χ1n) is 7.16. The molecule has 0 aromatic rings. The molecule has 2 heteroatoms. The fraction of sp³-hybridized carbons (Fsp3) is 1.00. The van der Waals surface area contributed by atoms with Gasteiger partial charge in [-0.2, -0.15) is 0 Å². The van der Waals surface area contributed by atoms with Crippen molar-refractivity contribution in [2.45, 2.75) is 52.0 Å². The minimum Gasteiger partial charge on any atom is -0.329 e. The summed E-state index contributed by atoms with van der Waals surface area (Å²) in [4.78, 5) is 2.65. The Morgan fingerprint density at radius 1 is 1.06 bits per heavy atom. The van der Waals surface area contributed by atoms with Crippen molar-refractivity contribution in [2.24, 2.45) is 23.5 Å². The van der Waals surface area contributed by atoms with Crippen LogP contribution in [-0.4, -0.2) is 30.6 Å². The lowest BCUT2D eigenvalue weighted by Gasteiger charge is -2.49. The molecule has 0 aromatic heterocycles. The van der Waals surface area contributed by atoms with Crippen LogP contribution in [0.15, 0.2) is 0 Å². The summed E-state index contributed by atoms with van der Waals surface area (Å²) in [5, 5.41) is 0. The molecule has 1 saturated heterocycles. The topological polar surface area (TPSA) is 29.3 Å². The van der Waals surface area contributed by atoms with Gasteiger partial charge in [0.25, 0.3) is 0 Å². The molecule has 1 saturated carbocycles. The van der Waals surface area contributed by atoms with E-state index < -0.39 is 0 Å². The SMILES string of the molecule is CC(C)C1CN(C(CN)C2CCCCC2)C1. The molecule has 0 spiro atoms. The number of rotatable bonds is 4. The molecule has 1 aliphatic heterocycles. The Morgan fingerprint density at radius 3 is 2.19 bits per heavy atom. The average molecular weight is 224 g/mol. The minimum atomic E-state index is 0.690. The first-order valence-corrected chi connectivity index (χ1v) is 7.16. The lowest BCUT2D eigenvalue weighted by Crippen LogP contribution is -2.58. The molecule has 0 amide bonds. The summed E-state index contributed by atoms with van der Waals surface area (Å²) in [5.74, 6) is 2.67. The van der Waals surface area contributed by atoms with Crippen LogP contribution < -0.4 is 5.73 Å². The fourth-order valence-electron chi connectivity index (χ4n) is 3.40.